The second-order valence-corrected chi connectivity index (χ2v) is 10.8. The standard InChI is InChI=1S/C22H28N4O4S/c1-15-11-21(26(24-15)20-7-10-31(29,30)14-20)23-22(28)13-25-8-5-17-3-4-18(16(2)27)12-19(17)6-9-25/h3-4,11-12,20H,5-10,13-14H2,1-2H3,(H,23,28)/t20-/m1/s1. The number of benzene rings is 1. The molecule has 1 fully saturated rings. The largest absolute Gasteiger partial charge is 0.310 e. The number of rotatable bonds is 5. The van der Waals surface area contributed by atoms with Crippen LogP contribution in [0, 0.1) is 6.92 Å². The lowest BCUT2D eigenvalue weighted by atomic mass is 9.99. The van der Waals surface area contributed by atoms with Crippen molar-refractivity contribution >= 4 is 27.3 Å². The highest BCUT2D eigenvalue weighted by Crippen LogP contribution is 2.27. The van der Waals surface area contributed by atoms with E-state index in [1.807, 2.05) is 25.1 Å². The summed E-state index contributed by atoms with van der Waals surface area (Å²) in [6, 6.07) is 7.41. The molecule has 9 heteroatoms. The van der Waals surface area contributed by atoms with Crippen LogP contribution in [0.25, 0.3) is 0 Å². The van der Waals surface area contributed by atoms with Crippen molar-refractivity contribution in [2.24, 2.45) is 0 Å². The average Bonchev–Trinajstić information content (AvgIpc) is 3.17. The van der Waals surface area contributed by atoms with Gasteiger partial charge in [0.25, 0.3) is 0 Å². The number of aromatic nitrogens is 2. The first-order chi connectivity index (χ1) is 14.7. The molecule has 1 amide bonds. The van der Waals surface area contributed by atoms with E-state index in [-0.39, 0.29) is 35.8 Å². The zero-order chi connectivity index (χ0) is 22.2. The van der Waals surface area contributed by atoms with E-state index in [9.17, 15) is 18.0 Å². The topological polar surface area (TPSA) is 101 Å². The molecule has 1 saturated heterocycles. The summed E-state index contributed by atoms with van der Waals surface area (Å²) in [7, 11) is -3.04. The third-order valence-corrected chi connectivity index (χ3v) is 7.80. The Morgan fingerprint density at radius 3 is 2.58 bits per heavy atom. The van der Waals surface area contributed by atoms with E-state index in [1.165, 1.54) is 11.1 Å². The fraction of sp³-hybridized carbons (Fsp3) is 0.500. The number of aryl methyl sites for hydroxylation is 1. The molecule has 0 bridgehead atoms. The van der Waals surface area contributed by atoms with Crippen LogP contribution in [0.3, 0.4) is 0 Å². The first kappa shape index (κ1) is 21.7. The molecule has 3 heterocycles. The molecule has 0 spiro atoms. The Hall–Kier alpha value is -2.52. The fourth-order valence-corrected chi connectivity index (χ4v) is 6.08. The summed E-state index contributed by atoms with van der Waals surface area (Å²) in [6.45, 7) is 5.15. The Balaban J connectivity index is 1.39. The molecule has 2 aliphatic heterocycles. The van der Waals surface area contributed by atoms with Crippen LogP contribution in [0.1, 0.15) is 46.6 Å². The molecule has 1 aromatic carbocycles. The molecule has 8 nitrogen and oxygen atoms in total. The van der Waals surface area contributed by atoms with E-state index in [2.05, 4.69) is 15.3 Å². The minimum absolute atomic E-state index is 0.0592. The van der Waals surface area contributed by atoms with Crippen LogP contribution in [-0.2, 0) is 27.5 Å². The number of carbonyl (C=O) groups is 2. The van der Waals surface area contributed by atoms with E-state index in [1.54, 1.807) is 17.7 Å². The maximum absolute atomic E-state index is 12.8. The summed E-state index contributed by atoms with van der Waals surface area (Å²) in [5.74, 6) is 0.684. The molecule has 0 aliphatic carbocycles. The molecule has 0 radical (unpaired) electrons. The van der Waals surface area contributed by atoms with Crippen LogP contribution in [0.4, 0.5) is 5.82 Å². The van der Waals surface area contributed by atoms with E-state index < -0.39 is 9.84 Å². The third kappa shape index (κ3) is 5.04. The van der Waals surface area contributed by atoms with Crippen LogP contribution in [-0.4, -0.2) is 65.9 Å². The number of anilines is 1. The van der Waals surface area contributed by atoms with Crippen molar-refractivity contribution < 1.29 is 18.0 Å². The maximum atomic E-state index is 12.8. The molecule has 1 atom stereocenters. The van der Waals surface area contributed by atoms with Crippen molar-refractivity contribution in [3.63, 3.8) is 0 Å². The second kappa shape index (κ2) is 8.55. The van der Waals surface area contributed by atoms with Gasteiger partial charge in [-0.3, -0.25) is 14.5 Å². The molecular weight excluding hydrogens is 416 g/mol. The zero-order valence-electron chi connectivity index (χ0n) is 17.9. The number of carbonyl (C=O) groups excluding carboxylic acids is 2. The molecule has 31 heavy (non-hydrogen) atoms. The molecular formula is C22H28N4O4S. The summed E-state index contributed by atoms with van der Waals surface area (Å²) in [6.07, 6.45) is 2.14. The van der Waals surface area contributed by atoms with Gasteiger partial charge in [0, 0.05) is 24.7 Å². The zero-order valence-corrected chi connectivity index (χ0v) is 18.7. The normalized spacial score (nSPS) is 20.8. The van der Waals surface area contributed by atoms with Gasteiger partial charge < -0.3 is 5.32 Å². The van der Waals surface area contributed by atoms with Gasteiger partial charge in [-0.2, -0.15) is 5.10 Å². The third-order valence-electron chi connectivity index (χ3n) is 6.05. The van der Waals surface area contributed by atoms with Crippen LogP contribution in [0.5, 0.6) is 0 Å². The molecule has 2 aromatic rings. The van der Waals surface area contributed by atoms with E-state index in [0.717, 1.165) is 37.2 Å². The lowest BCUT2D eigenvalue weighted by Crippen LogP contribution is -2.35. The smallest absolute Gasteiger partial charge is 0.239 e. The second-order valence-electron chi connectivity index (χ2n) is 8.54. The Kier molecular flexibility index (Phi) is 5.98. The van der Waals surface area contributed by atoms with Gasteiger partial charge in [0.15, 0.2) is 15.6 Å². The van der Waals surface area contributed by atoms with Gasteiger partial charge in [-0.15, -0.1) is 0 Å². The summed E-state index contributed by atoms with van der Waals surface area (Å²) in [4.78, 5) is 26.5. The predicted octanol–water partition coefficient (Wildman–Crippen LogP) is 1.79. The van der Waals surface area contributed by atoms with Gasteiger partial charge >= 0.3 is 0 Å². The molecule has 2 aliphatic rings. The highest BCUT2D eigenvalue weighted by atomic mass is 32.2. The van der Waals surface area contributed by atoms with Crippen molar-refractivity contribution in [2.75, 3.05) is 36.5 Å². The summed E-state index contributed by atoms with van der Waals surface area (Å²) >= 11 is 0. The molecule has 1 N–H and O–H groups in total. The first-order valence-corrected chi connectivity index (χ1v) is 12.4. The molecule has 1 aromatic heterocycles. The number of Topliss-reactive ketones (excluding diaryl/α,β-unsaturated/α-hetero) is 1. The van der Waals surface area contributed by atoms with Crippen LogP contribution in [0.2, 0.25) is 0 Å². The quantitative estimate of drug-likeness (QED) is 0.706. The molecule has 4 rings (SSSR count). The molecule has 0 saturated carbocycles. The predicted molar refractivity (Wildman–Crippen MR) is 118 cm³/mol. The maximum Gasteiger partial charge on any atom is 0.239 e. The van der Waals surface area contributed by atoms with Gasteiger partial charge in [0.1, 0.15) is 5.82 Å². The Labute approximate surface area is 182 Å². The molecule has 0 unspecified atom stereocenters. The number of hydrogen-bond donors (Lipinski definition) is 1. The van der Waals surface area contributed by atoms with Gasteiger partial charge in [0.2, 0.25) is 5.91 Å². The van der Waals surface area contributed by atoms with Crippen molar-refractivity contribution in [1.82, 2.24) is 14.7 Å². The number of fused-ring (bicyclic) bond motifs is 1. The van der Waals surface area contributed by atoms with Gasteiger partial charge in [-0.05, 0) is 50.3 Å². The summed E-state index contributed by atoms with van der Waals surface area (Å²) in [5, 5.41) is 7.35. The highest BCUT2D eigenvalue weighted by Gasteiger charge is 2.31. The lowest BCUT2D eigenvalue weighted by molar-refractivity contribution is -0.117. The number of sulfone groups is 1. The van der Waals surface area contributed by atoms with Crippen molar-refractivity contribution in [3.8, 4) is 0 Å². The Morgan fingerprint density at radius 2 is 1.90 bits per heavy atom. The summed E-state index contributed by atoms with van der Waals surface area (Å²) in [5.41, 5.74) is 3.87. The number of nitrogens with zero attached hydrogens (tertiary/aromatic N) is 3. The average molecular weight is 445 g/mol. The van der Waals surface area contributed by atoms with Gasteiger partial charge in [-0.1, -0.05) is 12.1 Å². The van der Waals surface area contributed by atoms with Crippen molar-refractivity contribution in [2.45, 2.75) is 39.2 Å². The van der Waals surface area contributed by atoms with E-state index in [4.69, 9.17) is 0 Å². The SMILES string of the molecule is CC(=O)c1ccc2c(c1)CCN(CC(=O)Nc1cc(C)nn1[C@@H]1CCS(=O)(=O)C1)CC2. The van der Waals surface area contributed by atoms with E-state index in [0.29, 0.717) is 12.2 Å². The Bertz CT molecular complexity index is 1120. The molecule has 166 valence electrons. The van der Waals surface area contributed by atoms with E-state index >= 15 is 0 Å². The van der Waals surface area contributed by atoms with Crippen LogP contribution < -0.4 is 5.32 Å². The number of ketones is 1. The highest BCUT2D eigenvalue weighted by molar-refractivity contribution is 7.91. The first-order valence-electron chi connectivity index (χ1n) is 10.6. The number of amides is 1. The number of hydrogen-bond acceptors (Lipinski definition) is 6. The lowest BCUT2D eigenvalue weighted by Gasteiger charge is -2.20. The monoisotopic (exact) mass is 444 g/mol. The van der Waals surface area contributed by atoms with Crippen molar-refractivity contribution in [3.05, 3.63) is 46.6 Å². The van der Waals surface area contributed by atoms with Gasteiger partial charge in [0.05, 0.1) is 29.8 Å². The van der Waals surface area contributed by atoms with Crippen molar-refractivity contribution in [1.29, 1.82) is 0 Å². The summed E-state index contributed by atoms with van der Waals surface area (Å²) < 4.78 is 25.3. The Morgan fingerprint density at radius 1 is 1.16 bits per heavy atom. The minimum atomic E-state index is -3.04. The van der Waals surface area contributed by atoms with Gasteiger partial charge in [-0.25, -0.2) is 13.1 Å². The van der Waals surface area contributed by atoms with Crippen LogP contribution >= 0.6 is 0 Å². The fourth-order valence-electron chi connectivity index (χ4n) is 4.39. The number of nitrogens with one attached hydrogen (secondary N) is 1. The minimum Gasteiger partial charge on any atom is -0.310 e. The van der Waals surface area contributed by atoms with Crippen LogP contribution in [0.15, 0.2) is 24.3 Å².